The van der Waals surface area contributed by atoms with Crippen molar-refractivity contribution in [3.63, 3.8) is 0 Å². The van der Waals surface area contributed by atoms with Gasteiger partial charge in [0.2, 0.25) is 0 Å². The molecule has 2 rings (SSSR count). The van der Waals surface area contributed by atoms with Gasteiger partial charge in [-0.25, -0.2) is 0 Å². The van der Waals surface area contributed by atoms with E-state index in [2.05, 4.69) is 29.2 Å². The number of rotatable bonds is 3. The largest absolute Gasteiger partial charge is 0.378 e. The van der Waals surface area contributed by atoms with Crippen molar-refractivity contribution < 1.29 is 0 Å². The first-order valence-electron chi connectivity index (χ1n) is 5.36. The van der Waals surface area contributed by atoms with Gasteiger partial charge in [0, 0.05) is 24.7 Å². The molecule has 0 aliphatic carbocycles. The van der Waals surface area contributed by atoms with Crippen LogP contribution in [0.1, 0.15) is 16.5 Å². The molecular weight excluding hydrogens is 252 g/mol. The number of nitrogens with zero attached hydrogens (tertiary/aromatic N) is 1. The fourth-order valence-electron chi connectivity index (χ4n) is 1.64. The van der Waals surface area contributed by atoms with Crippen LogP contribution in [0.15, 0.2) is 36.4 Å². The lowest BCUT2D eigenvalue weighted by Gasteiger charge is -2.15. The summed E-state index contributed by atoms with van der Waals surface area (Å²) < 4.78 is 0.778. The number of anilines is 1. The quantitative estimate of drug-likeness (QED) is 0.921. The summed E-state index contributed by atoms with van der Waals surface area (Å²) in [5.41, 5.74) is 8.47. The maximum Gasteiger partial charge on any atom is 0.0931 e. The maximum absolute atomic E-state index is 6.19. The average molecular weight is 267 g/mol. The van der Waals surface area contributed by atoms with Crippen LogP contribution < -0.4 is 10.6 Å². The van der Waals surface area contributed by atoms with Crippen LogP contribution in [0, 0.1) is 0 Å². The molecule has 1 unspecified atom stereocenters. The summed E-state index contributed by atoms with van der Waals surface area (Å²) in [6.07, 6.45) is 0. The van der Waals surface area contributed by atoms with Gasteiger partial charge in [0.15, 0.2) is 0 Å². The number of thiophene rings is 1. The van der Waals surface area contributed by atoms with Crippen LogP contribution in [0.4, 0.5) is 5.69 Å². The van der Waals surface area contributed by atoms with Crippen LogP contribution >= 0.6 is 22.9 Å². The van der Waals surface area contributed by atoms with Crippen molar-refractivity contribution in [2.75, 3.05) is 19.0 Å². The van der Waals surface area contributed by atoms with E-state index >= 15 is 0 Å². The van der Waals surface area contributed by atoms with E-state index in [9.17, 15) is 0 Å². The Labute approximate surface area is 111 Å². The molecule has 4 heteroatoms. The molecule has 17 heavy (non-hydrogen) atoms. The molecule has 0 saturated carbocycles. The van der Waals surface area contributed by atoms with E-state index in [1.807, 2.05) is 26.2 Å². The SMILES string of the molecule is CN(C)c1ccc(C(N)c2ccc(Cl)s2)cc1. The fraction of sp³-hybridized carbons (Fsp3) is 0.231. The summed E-state index contributed by atoms with van der Waals surface area (Å²) in [7, 11) is 4.04. The van der Waals surface area contributed by atoms with E-state index in [-0.39, 0.29) is 6.04 Å². The molecule has 0 radical (unpaired) electrons. The molecule has 0 spiro atoms. The number of hydrogen-bond donors (Lipinski definition) is 1. The van der Waals surface area contributed by atoms with Gasteiger partial charge in [0.1, 0.15) is 0 Å². The monoisotopic (exact) mass is 266 g/mol. The van der Waals surface area contributed by atoms with Crippen LogP contribution in [-0.2, 0) is 0 Å². The number of nitrogens with two attached hydrogens (primary N) is 1. The molecule has 1 heterocycles. The van der Waals surface area contributed by atoms with E-state index in [1.54, 1.807) is 0 Å². The lowest BCUT2D eigenvalue weighted by Crippen LogP contribution is -2.11. The summed E-state index contributed by atoms with van der Waals surface area (Å²) in [4.78, 5) is 3.16. The summed E-state index contributed by atoms with van der Waals surface area (Å²) in [5, 5.41) is 0. The lowest BCUT2D eigenvalue weighted by molar-refractivity contribution is 0.893. The molecule has 0 fully saturated rings. The highest BCUT2D eigenvalue weighted by molar-refractivity contribution is 7.16. The van der Waals surface area contributed by atoms with Gasteiger partial charge in [0.25, 0.3) is 0 Å². The van der Waals surface area contributed by atoms with Crippen LogP contribution in [0.2, 0.25) is 4.34 Å². The minimum absolute atomic E-state index is 0.0938. The molecule has 2 N–H and O–H groups in total. The van der Waals surface area contributed by atoms with E-state index in [0.29, 0.717) is 0 Å². The predicted molar refractivity (Wildman–Crippen MR) is 76.1 cm³/mol. The molecular formula is C13H15ClN2S. The molecule has 0 aliphatic heterocycles. The minimum Gasteiger partial charge on any atom is -0.378 e. The van der Waals surface area contributed by atoms with Crippen molar-refractivity contribution in [1.29, 1.82) is 0 Å². The maximum atomic E-state index is 6.19. The summed E-state index contributed by atoms with van der Waals surface area (Å²) >= 11 is 7.45. The summed E-state index contributed by atoms with van der Waals surface area (Å²) in [6.45, 7) is 0. The second-order valence-corrected chi connectivity index (χ2v) is 5.85. The van der Waals surface area contributed by atoms with E-state index in [4.69, 9.17) is 17.3 Å². The molecule has 90 valence electrons. The third kappa shape index (κ3) is 2.80. The van der Waals surface area contributed by atoms with E-state index in [0.717, 1.165) is 14.8 Å². The Bertz CT molecular complexity index is 490. The first kappa shape index (κ1) is 12.4. The number of hydrogen-bond acceptors (Lipinski definition) is 3. The van der Waals surface area contributed by atoms with Gasteiger partial charge < -0.3 is 10.6 Å². The highest BCUT2D eigenvalue weighted by Gasteiger charge is 2.11. The number of halogens is 1. The van der Waals surface area contributed by atoms with Gasteiger partial charge in [0.05, 0.1) is 10.4 Å². The lowest BCUT2D eigenvalue weighted by atomic mass is 10.1. The van der Waals surface area contributed by atoms with Crippen molar-refractivity contribution in [2.45, 2.75) is 6.04 Å². The zero-order valence-corrected chi connectivity index (χ0v) is 11.4. The molecule has 1 aromatic carbocycles. The first-order valence-corrected chi connectivity index (χ1v) is 6.55. The van der Waals surface area contributed by atoms with Crippen molar-refractivity contribution in [3.8, 4) is 0 Å². The second kappa shape index (κ2) is 5.08. The third-order valence-electron chi connectivity index (χ3n) is 2.67. The van der Waals surface area contributed by atoms with Crippen molar-refractivity contribution in [3.05, 3.63) is 51.2 Å². The van der Waals surface area contributed by atoms with Crippen LogP contribution in [0.5, 0.6) is 0 Å². The third-order valence-corrected chi connectivity index (χ3v) is 3.98. The van der Waals surface area contributed by atoms with Crippen LogP contribution in [0.25, 0.3) is 0 Å². The minimum atomic E-state index is -0.0938. The standard InChI is InChI=1S/C13H15ClN2S/c1-16(2)10-5-3-9(4-6-10)13(15)11-7-8-12(14)17-11/h3-8,13H,15H2,1-2H3. The molecule has 2 aromatic rings. The highest BCUT2D eigenvalue weighted by Crippen LogP contribution is 2.30. The highest BCUT2D eigenvalue weighted by atomic mass is 35.5. The Morgan fingerprint density at radius 2 is 1.76 bits per heavy atom. The smallest absolute Gasteiger partial charge is 0.0931 e. The average Bonchev–Trinajstić information content (AvgIpc) is 2.75. The second-order valence-electron chi connectivity index (χ2n) is 4.11. The van der Waals surface area contributed by atoms with Gasteiger partial charge in [-0.05, 0) is 29.8 Å². The normalized spacial score (nSPS) is 12.5. The van der Waals surface area contributed by atoms with Crippen molar-refractivity contribution in [2.24, 2.45) is 5.73 Å². The summed E-state index contributed by atoms with van der Waals surface area (Å²) in [6, 6.07) is 12.0. The molecule has 2 nitrogen and oxygen atoms in total. The first-order chi connectivity index (χ1) is 8.08. The van der Waals surface area contributed by atoms with Gasteiger partial charge in [-0.1, -0.05) is 23.7 Å². The Morgan fingerprint density at radius 1 is 1.12 bits per heavy atom. The van der Waals surface area contributed by atoms with Gasteiger partial charge >= 0.3 is 0 Å². The fourth-order valence-corrected chi connectivity index (χ4v) is 2.73. The van der Waals surface area contributed by atoms with Gasteiger partial charge in [-0.15, -0.1) is 11.3 Å². The Hall–Kier alpha value is -1.03. The zero-order chi connectivity index (χ0) is 12.4. The predicted octanol–water partition coefficient (Wildman–Crippen LogP) is 3.52. The van der Waals surface area contributed by atoms with Crippen LogP contribution in [-0.4, -0.2) is 14.1 Å². The molecule has 0 bridgehead atoms. The molecule has 1 atom stereocenters. The Morgan fingerprint density at radius 3 is 2.24 bits per heavy atom. The molecule has 1 aromatic heterocycles. The topological polar surface area (TPSA) is 29.3 Å². The van der Waals surface area contributed by atoms with E-state index in [1.165, 1.54) is 17.0 Å². The van der Waals surface area contributed by atoms with Crippen molar-refractivity contribution >= 4 is 28.6 Å². The molecule has 0 aliphatic rings. The van der Waals surface area contributed by atoms with E-state index < -0.39 is 0 Å². The molecule has 0 saturated heterocycles. The molecule has 0 amide bonds. The zero-order valence-electron chi connectivity index (χ0n) is 9.85. The van der Waals surface area contributed by atoms with Crippen molar-refractivity contribution in [1.82, 2.24) is 0 Å². The van der Waals surface area contributed by atoms with Crippen LogP contribution in [0.3, 0.4) is 0 Å². The Kier molecular flexibility index (Phi) is 3.72. The van der Waals surface area contributed by atoms with Gasteiger partial charge in [-0.2, -0.15) is 0 Å². The Balaban J connectivity index is 2.22. The summed E-state index contributed by atoms with van der Waals surface area (Å²) in [5.74, 6) is 0. The van der Waals surface area contributed by atoms with Gasteiger partial charge in [-0.3, -0.25) is 0 Å². The number of benzene rings is 1.